The summed E-state index contributed by atoms with van der Waals surface area (Å²) in [4.78, 5) is 11.0. The van der Waals surface area contributed by atoms with Crippen LogP contribution in [0.25, 0.3) is 0 Å². The van der Waals surface area contributed by atoms with Crippen LogP contribution in [0.2, 0.25) is 5.02 Å². The standard InChI is InChI=1S/C12H15ClN2O2/c13-10-7-8(12(14)16)1-2-11(10)17-9-3-5-15-6-4-9/h1-2,7,9,15H,3-6H2,(H2,14,16). The lowest BCUT2D eigenvalue weighted by atomic mass is 10.1. The summed E-state index contributed by atoms with van der Waals surface area (Å²) in [5.41, 5.74) is 5.57. The number of hydrogen-bond donors (Lipinski definition) is 2. The van der Waals surface area contributed by atoms with Gasteiger partial charge in [-0.25, -0.2) is 0 Å². The van der Waals surface area contributed by atoms with E-state index in [1.54, 1.807) is 18.2 Å². The number of rotatable bonds is 3. The van der Waals surface area contributed by atoms with Gasteiger partial charge in [0.1, 0.15) is 11.9 Å². The molecule has 1 heterocycles. The first-order valence-electron chi connectivity index (χ1n) is 5.63. The van der Waals surface area contributed by atoms with Gasteiger partial charge in [0, 0.05) is 5.56 Å². The molecule has 5 heteroatoms. The summed E-state index contributed by atoms with van der Waals surface area (Å²) in [6.07, 6.45) is 2.12. The predicted octanol–water partition coefficient (Wildman–Crippen LogP) is 1.57. The van der Waals surface area contributed by atoms with Gasteiger partial charge in [-0.1, -0.05) is 11.6 Å². The molecule has 0 aliphatic carbocycles. The highest BCUT2D eigenvalue weighted by atomic mass is 35.5. The Morgan fingerprint density at radius 2 is 2.12 bits per heavy atom. The average Bonchev–Trinajstić information content (AvgIpc) is 2.33. The number of primary amides is 1. The maximum absolute atomic E-state index is 11.0. The first kappa shape index (κ1) is 12.2. The van der Waals surface area contributed by atoms with E-state index < -0.39 is 5.91 Å². The molecule has 17 heavy (non-hydrogen) atoms. The van der Waals surface area contributed by atoms with Crippen molar-refractivity contribution in [3.8, 4) is 5.75 Å². The summed E-state index contributed by atoms with van der Waals surface area (Å²) >= 11 is 6.04. The van der Waals surface area contributed by atoms with Crippen LogP contribution >= 0.6 is 11.6 Å². The smallest absolute Gasteiger partial charge is 0.248 e. The average molecular weight is 255 g/mol. The molecule has 1 fully saturated rings. The Bertz CT molecular complexity index is 417. The lowest BCUT2D eigenvalue weighted by Crippen LogP contribution is -2.34. The third-order valence-corrected chi connectivity index (χ3v) is 3.09. The Morgan fingerprint density at radius 3 is 2.71 bits per heavy atom. The summed E-state index contributed by atoms with van der Waals surface area (Å²) in [5, 5.41) is 3.70. The first-order valence-corrected chi connectivity index (χ1v) is 6.01. The number of amides is 1. The monoisotopic (exact) mass is 254 g/mol. The van der Waals surface area contributed by atoms with Gasteiger partial charge >= 0.3 is 0 Å². The first-order chi connectivity index (χ1) is 8.16. The van der Waals surface area contributed by atoms with E-state index in [4.69, 9.17) is 22.1 Å². The number of nitrogens with two attached hydrogens (primary N) is 1. The zero-order valence-electron chi connectivity index (χ0n) is 9.41. The number of carbonyl (C=O) groups is 1. The molecule has 2 rings (SSSR count). The Labute approximate surface area is 105 Å². The van der Waals surface area contributed by atoms with E-state index in [2.05, 4.69) is 5.32 Å². The molecule has 1 saturated heterocycles. The Balaban J connectivity index is 2.08. The van der Waals surface area contributed by atoms with Crippen molar-refractivity contribution in [2.45, 2.75) is 18.9 Å². The fourth-order valence-corrected chi connectivity index (χ4v) is 2.07. The Morgan fingerprint density at radius 1 is 1.41 bits per heavy atom. The summed E-state index contributed by atoms with van der Waals surface area (Å²) in [7, 11) is 0. The van der Waals surface area contributed by atoms with Crippen molar-refractivity contribution in [1.29, 1.82) is 0 Å². The SMILES string of the molecule is NC(=O)c1ccc(OC2CCNCC2)c(Cl)c1. The third-order valence-electron chi connectivity index (χ3n) is 2.80. The van der Waals surface area contributed by atoms with Gasteiger partial charge in [0.05, 0.1) is 5.02 Å². The summed E-state index contributed by atoms with van der Waals surface area (Å²) in [6.45, 7) is 1.92. The van der Waals surface area contributed by atoms with E-state index in [1.807, 2.05) is 0 Å². The molecule has 0 unspecified atom stereocenters. The maximum atomic E-state index is 11.0. The quantitative estimate of drug-likeness (QED) is 0.861. The second-order valence-corrected chi connectivity index (χ2v) is 4.48. The van der Waals surface area contributed by atoms with Crippen molar-refractivity contribution in [2.24, 2.45) is 5.73 Å². The molecular weight excluding hydrogens is 240 g/mol. The van der Waals surface area contributed by atoms with Crippen molar-refractivity contribution >= 4 is 17.5 Å². The van der Waals surface area contributed by atoms with Gasteiger partial charge in [-0.2, -0.15) is 0 Å². The number of hydrogen-bond acceptors (Lipinski definition) is 3. The molecule has 1 aromatic rings. The molecule has 0 bridgehead atoms. The number of piperidine rings is 1. The molecule has 4 nitrogen and oxygen atoms in total. The van der Waals surface area contributed by atoms with Crippen molar-refractivity contribution in [3.05, 3.63) is 28.8 Å². The van der Waals surface area contributed by atoms with E-state index in [9.17, 15) is 4.79 Å². The van der Waals surface area contributed by atoms with Crippen LogP contribution in [-0.4, -0.2) is 25.1 Å². The molecule has 1 aliphatic rings. The lowest BCUT2D eigenvalue weighted by Gasteiger charge is -2.24. The summed E-state index contributed by atoms with van der Waals surface area (Å²) in [5.74, 6) is 0.129. The van der Waals surface area contributed by atoms with E-state index in [0.29, 0.717) is 16.3 Å². The highest BCUT2D eigenvalue weighted by Gasteiger charge is 2.16. The topological polar surface area (TPSA) is 64.4 Å². The van der Waals surface area contributed by atoms with Crippen LogP contribution < -0.4 is 15.8 Å². The molecule has 1 aliphatic heterocycles. The largest absolute Gasteiger partial charge is 0.489 e. The van der Waals surface area contributed by atoms with Gasteiger partial charge in [-0.3, -0.25) is 4.79 Å². The zero-order valence-corrected chi connectivity index (χ0v) is 10.2. The van der Waals surface area contributed by atoms with Crippen LogP contribution in [0.5, 0.6) is 5.75 Å². The zero-order chi connectivity index (χ0) is 12.3. The number of carbonyl (C=O) groups excluding carboxylic acids is 1. The molecule has 1 aromatic carbocycles. The van der Waals surface area contributed by atoms with Crippen LogP contribution in [0.15, 0.2) is 18.2 Å². The Hall–Kier alpha value is -1.26. The van der Waals surface area contributed by atoms with Crippen LogP contribution in [0, 0.1) is 0 Å². The summed E-state index contributed by atoms with van der Waals surface area (Å²) in [6, 6.07) is 4.87. The number of benzene rings is 1. The van der Waals surface area contributed by atoms with Crippen molar-refractivity contribution in [1.82, 2.24) is 5.32 Å². The minimum atomic E-state index is -0.486. The predicted molar refractivity (Wildman–Crippen MR) is 66.5 cm³/mol. The molecule has 0 radical (unpaired) electrons. The molecule has 0 spiro atoms. The molecule has 0 atom stereocenters. The maximum Gasteiger partial charge on any atom is 0.248 e. The molecule has 0 aromatic heterocycles. The lowest BCUT2D eigenvalue weighted by molar-refractivity contribution is 0.1000. The van der Waals surface area contributed by atoms with Crippen LogP contribution in [0.3, 0.4) is 0 Å². The van der Waals surface area contributed by atoms with Gasteiger partial charge in [-0.05, 0) is 44.1 Å². The number of nitrogens with one attached hydrogen (secondary N) is 1. The van der Waals surface area contributed by atoms with E-state index in [1.165, 1.54) is 0 Å². The van der Waals surface area contributed by atoms with Crippen LogP contribution in [0.4, 0.5) is 0 Å². The fourth-order valence-electron chi connectivity index (χ4n) is 1.84. The minimum absolute atomic E-state index is 0.188. The molecule has 92 valence electrons. The second-order valence-electron chi connectivity index (χ2n) is 4.08. The highest BCUT2D eigenvalue weighted by Crippen LogP contribution is 2.27. The van der Waals surface area contributed by atoms with Crippen LogP contribution in [0.1, 0.15) is 23.2 Å². The molecular formula is C12H15ClN2O2. The highest BCUT2D eigenvalue weighted by molar-refractivity contribution is 6.32. The van der Waals surface area contributed by atoms with Gasteiger partial charge < -0.3 is 15.8 Å². The van der Waals surface area contributed by atoms with Gasteiger partial charge in [0.15, 0.2) is 0 Å². The normalized spacial score (nSPS) is 16.8. The van der Waals surface area contributed by atoms with Crippen molar-refractivity contribution < 1.29 is 9.53 Å². The van der Waals surface area contributed by atoms with E-state index in [0.717, 1.165) is 25.9 Å². The van der Waals surface area contributed by atoms with E-state index >= 15 is 0 Å². The van der Waals surface area contributed by atoms with Crippen LogP contribution in [-0.2, 0) is 0 Å². The van der Waals surface area contributed by atoms with Gasteiger partial charge in [0.2, 0.25) is 5.91 Å². The van der Waals surface area contributed by atoms with E-state index in [-0.39, 0.29) is 6.10 Å². The minimum Gasteiger partial charge on any atom is -0.489 e. The second kappa shape index (κ2) is 5.38. The molecule has 3 N–H and O–H groups in total. The molecule has 0 saturated carbocycles. The Kier molecular flexibility index (Phi) is 3.86. The number of ether oxygens (including phenoxy) is 1. The number of halogens is 1. The molecule has 1 amide bonds. The van der Waals surface area contributed by atoms with Crippen molar-refractivity contribution in [2.75, 3.05) is 13.1 Å². The summed E-state index contributed by atoms with van der Waals surface area (Å²) < 4.78 is 5.80. The third kappa shape index (κ3) is 3.11. The van der Waals surface area contributed by atoms with Gasteiger partial charge in [0.25, 0.3) is 0 Å². The fraction of sp³-hybridized carbons (Fsp3) is 0.417. The van der Waals surface area contributed by atoms with Gasteiger partial charge in [-0.15, -0.1) is 0 Å². The van der Waals surface area contributed by atoms with Crippen molar-refractivity contribution in [3.63, 3.8) is 0 Å².